The van der Waals surface area contributed by atoms with Crippen molar-refractivity contribution in [3.8, 4) is 22.7 Å². The SMILES string of the molecule is CC(C)c1cccc(C(C)C)c1-c1nc2cc(-c3ccccc3)ncc2o1. The molecule has 2 heterocycles. The molecule has 2 aromatic carbocycles. The Bertz CT molecular complexity index is 1050. The second kappa shape index (κ2) is 6.99. The van der Waals surface area contributed by atoms with E-state index in [2.05, 4.69) is 63.0 Å². The maximum atomic E-state index is 6.15. The minimum absolute atomic E-state index is 0.395. The minimum Gasteiger partial charge on any atom is -0.434 e. The number of hydrogen-bond donors (Lipinski definition) is 0. The van der Waals surface area contributed by atoms with Gasteiger partial charge >= 0.3 is 0 Å². The second-order valence-electron chi connectivity index (χ2n) is 7.54. The first-order chi connectivity index (χ1) is 13.0. The van der Waals surface area contributed by atoms with Crippen molar-refractivity contribution in [2.75, 3.05) is 0 Å². The van der Waals surface area contributed by atoms with Crippen molar-refractivity contribution in [2.45, 2.75) is 39.5 Å². The van der Waals surface area contributed by atoms with E-state index >= 15 is 0 Å². The van der Waals surface area contributed by atoms with Gasteiger partial charge in [0.25, 0.3) is 0 Å². The highest BCUT2D eigenvalue weighted by molar-refractivity contribution is 5.81. The van der Waals surface area contributed by atoms with Crippen LogP contribution in [0.2, 0.25) is 0 Å². The summed E-state index contributed by atoms with van der Waals surface area (Å²) in [5, 5.41) is 0. The zero-order valence-corrected chi connectivity index (χ0v) is 16.2. The molecule has 0 radical (unpaired) electrons. The topological polar surface area (TPSA) is 38.9 Å². The number of oxazole rings is 1. The maximum Gasteiger partial charge on any atom is 0.227 e. The van der Waals surface area contributed by atoms with Gasteiger partial charge in [0.2, 0.25) is 5.89 Å². The smallest absolute Gasteiger partial charge is 0.227 e. The Hall–Kier alpha value is -2.94. The molecule has 3 heteroatoms. The third kappa shape index (κ3) is 3.25. The predicted octanol–water partition coefficient (Wildman–Crippen LogP) is 6.80. The molecule has 4 rings (SSSR count). The lowest BCUT2D eigenvalue weighted by Gasteiger charge is -2.17. The molecule has 27 heavy (non-hydrogen) atoms. The Morgan fingerprint density at radius 3 is 2.11 bits per heavy atom. The molecule has 0 saturated carbocycles. The van der Waals surface area contributed by atoms with Crippen LogP contribution < -0.4 is 0 Å². The molecule has 0 atom stereocenters. The molecule has 0 unspecified atom stereocenters. The van der Waals surface area contributed by atoms with Gasteiger partial charge in [-0.2, -0.15) is 0 Å². The van der Waals surface area contributed by atoms with Gasteiger partial charge in [-0.05, 0) is 29.0 Å². The van der Waals surface area contributed by atoms with E-state index in [1.54, 1.807) is 6.20 Å². The lowest BCUT2D eigenvalue weighted by atomic mass is 9.88. The van der Waals surface area contributed by atoms with Crippen LogP contribution in [0, 0.1) is 0 Å². The first-order valence-electron chi connectivity index (χ1n) is 9.49. The van der Waals surface area contributed by atoms with E-state index in [1.165, 1.54) is 11.1 Å². The second-order valence-corrected chi connectivity index (χ2v) is 7.54. The molecule has 136 valence electrons. The van der Waals surface area contributed by atoms with Gasteiger partial charge in [0.1, 0.15) is 5.52 Å². The van der Waals surface area contributed by atoms with Crippen LogP contribution in [0.3, 0.4) is 0 Å². The molecule has 0 aliphatic heterocycles. The van der Waals surface area contributed by atoms with E-state index in [1.807, 2.05) is 24.3 Å². The Kier molecular flexibility index (Phi) is 4.53. The molecule has 0 fully saturated rings. The van der Waals surface area contributed by atoms with Gasteiger partial charge in [0.15, 0.2) is 5.58 Å². The molecule has 0 aliphatic rings. The third-order valence-corrected chi connectivity index (χ3v) is 4.93. The molecule has 3 nitrogen and oxygen atoms in total. The van der Waals surface area contributed by atoms with Gasteiger partial charge in [-0.1, -0.05) is 76.2 Å². The number of pyridine rings is 1. The van der Waals surface area contributed by atoms with Gasteiger partial charge in [-0.25, -0.2) is 4.98 Å². The fourth-order valence-electron chi connectivity index (χ4n) is 3.51. The molecular weight excluding hydrogens is 332 g/mol. The van der Waals surface area contributed by atoms with Crippen molar-refractivity contribution < 1.29 is 4.42 Å². The zero-order chi connectivity index (χ0) is 19.0. The Morgan fingerprint density at radius 1 is 0.815 bits per heavy atom. The summed E-state index contributed by atoms with van der Waals surface area (Å²) >= 11 is 0. The molecular formula is C24H24N2O. The van der Waals surface area contributed by atoms with E-state index in [0.717, 1.165) is 27.9 Å². The standard InChI is InChI=1S/C24H24N2O/c1-15(2)18-11-8-12-19(16(3)4)23(18)24-26-21-13-20(25-14-22(21)27-24)17-9-6-5-7-10-17/h5-16H,1-4H3. The van der Waals surface area contributed by atoms with Crippen molar-refractivity contribution in [3.05, 3.63) is 71.9 Å². The van der Waals surface area contributed by atoms with Crippen LogP contribution in [-0.2, 0) is 0 Å². The highest BCUT2D eigenvalue weighted by Gasteiger charge is 2.20. The number of hydrogen-bond acceptors (Lipinski definition) is 3. The lowest BCUT2D eigenvalue weighted by Crippen LogP contribution is -1.99. The van der Waals surface area contributed by atoms with E-state index in [9.17, 15) is 0 Å². The molecule has 2 aromatic heterocycles. The number of benzene rings is 2. The molecule has 4 aromatic rings. The molecule has 0 amide bonds. The van der Waals surface area contributed by atoms with Crippen LogP contribution in [-0.4, -0.2) is 9.97 Å². The summed E-state index contributed by atoms with van der Waals surface area (Å²) in [6.45, 7) is 8.84. The molecule has 0 saturated heterocycles. The Morgan fingerprint density at radius 2 is 1.48 bits per heavy atom. The fourth-order valence-corrected chi connectivity index (χ4v) is 3.51. The number of aromatic nitrogens is 2. The highest BCUT2D eigenvalue weighted by Crippen LogP contribution is 2.37. The van der Waals surface area contributed by atoms with Crippen molar-refractivity contribution in [2.24, 2.45) is 0 Å². The van der Waals surface area contributed by atoms with E-state index in [4.69, 9.17) is 9.40 Å². The van der Waals surface area contributed by atoms with Crippen molar-refractivity contribution in [3.63, 3.8) is 0 Å². The summed E-state index contributed by atoms with van der Waals surface area (Å²) in [4.78, 5) is 9.41. The van der Waals surface area contributed by atoms with E-state index in [-0.39, 0.29) is 0 Å². The lowest BCUT2D eigenvalue weighted by molar-refractivity contribution is 0.614. The largest absolute Gasteiger partial charge is 0.434 e. The first-order valence-corrected chi connectivity index (χ1v) is 9.49. The van der Waals surface area contributed by atoms with Crippen LogP contribution in [0.15, 0.2) is 65.2 Å². The Balaban J connectivity index is 1.88. The quantitative estimate of drug-likeness (QED) is 0.403. The van der Waals surface area contributed by atoms with Crippen LogP contribution in [0.4, 0.5) is 0 Å². The number of rotatable bonds is 4. The van der Waals surface area contributed by atoms with Crippen LogP contribution in [0.25, 0.3) is 33.8 Å². The van der Waals surface area contributed by atoms with Crippen LogP contribution >= 0.6 is 0 Å². The van der Waals surface area contributed by atoms with Gasteiger partial charge in [0, 0.05) is 11.1 Å². The van der Waals surface area contributed by atoms with Crippen LogP contribution in [0.5, 0.6) is 0 Å². The summed E-state index contributed by atoms with van der Waals surface area (Å²) in [7, 11) is 0. The Labute approximate surface area is 160 Å². The van der Waals surface area contributed by atoms with Crippen molar-refractivity contribution in [1.82, 2.24) is 9.97 Å². The number of fused-ring (bicyclic) bond motifs is 1. The van der Waals surface area contributed by atoms with Gasteiger partial charge in [0.05, 0.1) is 11.9 Å². The number of nitrogens with zero attached hydrogens (tertiary/aromatic N) is 2. The summed E-state index contributed by atoms with van der Waals surface area (Å²) in [6, 6.07) is 18.6. The third-order valence-electron chi connectivity index (χ3n) is 4.93. The van der Waals surface area contributed by atoms with E-state index < -0.39 is 0 Å². The predicted molar refractivity (Wildman–Crippen MR) is 111 cm³/mol. The average Bonchev–Trinajstić information content (AvgIpc) is 3.11. The van der Waals surface area contributed by atoms with E-state index in [0.29, 0.717) is 17.7 Å². The van der Waals surface area contributed by atoms with Gasteiger partial charge < -0.3 is 4.42 Å². The average molecular weight is 356 g/mol. The highest BCUT2D eigenvalue weighted by atomic mass is 16.3. The maximum absolute atomic E-state index is 6.15. The van der Waals surface area contributed by atoms with Crippen molar-refractivity contribution >= 4 is 11.1 Å². The fraction of sp³-hybridized carbons (Fsp3) is 0.250. The van der Waals surface area contributed by atoms with Crippen molar-refractivity contribution in [1.29, 1.82) is 0 Å². The molecule has 0 spiro atoms. The summed E-state index contributed by atoms with van der Waals surface area (Å²) in [5.41, 5.74) is 7.21. The first kappa shape index (κ1) is 17.5. The summed E-state index contributed by atoms with van der Waals surface area (Å²) < 4.78 is 6.15. The van der Waals surface area contributed by atoms with Gasteiger partial charge in [-0.15, -0.1) is 0 Å². The zero-order valence-electron chi connectivity index (χ0n) is 16.2. The van der Waals surface area contributed by atoms with Gasteiger partial charge in [-0.3, -0.25) is 4.98 Å². The van der Waals surface area contributed by atoms with Crippen LogP contribution in [0.1, 0.15) is 50.7 Å². The normalized spacial score (nSPS) is 11.6. The molecule has 0 N–H and O–H groups in total. The molecule has 0 bridgehead atoms. The monoisotopic (exact) mass is 356 g/mol. The molecule has 0 aliphatic carbocycles. The summed E-state index contributed by atoms with van der Waals surface area (Å²) in [5.74, 6) is 1.48. The summed E-state index contributed by atoms with van der Waals surface area (Å²) in [6.07, 6.45) is 1.78. The minimum atomic E-state index is 0.395.